The molecule has 0 amide bonds. The minimum absolute atomic E-state index is 0.141. The lowest BCUT2D eigenvalue weighted by atomic mass is 10.3. The first kappa shape index (κ1) is 15.4. The molecule has 1 atom stereocenters. The van der Waals surface area contributed by atoms with Crippen LogP contribution in [-0.4, -0.2) is 28.3 Å². The van der Waals surface area contributed by atoms with E-state index < -0.39 is 46.4 Å². The summed E-state index contributed by atoms with van der Waals surface area (Å²) in [5.74, 6) is -3.63. The van der Waals surface area contributed by atoms with E-state index in [4.69, 9.17) is 0 Å². The lowest BCUT2D eigenvalue weighted by Gasteiger charge is -2.04. The molecule has 0 aliphatic rings. The van der Waals surface area contributed by atoms with Crippen LogP contribution in [0.5, 0.6) is 0 Å². The Bertz CT molecular complexity index is 516. The molecule has 0 aliphatic heterocycles. The van der Waals surface area contributed by atoms with Crippen LogP contribution in [0.25, 0.3) is 0 Å². The van der Waals surface area contributed by atoms with Crippen LogP contribution in [0.2, 0.25) is 0 Å². The van der Waals surface area contributed by atoms with Crippen molar-refractivity contribution in [2.45, 2.75) is 18.2 Å². The largest absolute Gasteiger partial charge is 0.466 e. The lowest BCUT2D eigenvalue weighted by Crippen LogP contribution is -2.17. The second-order valence-corrected chi connectivity index (χ2v) is 5.00. The number of halogens is 2. The maximum atomic E-state index is 13.3. The number of benzene rings is 1. The summed E-state index contributed by atoms with van der Waals surface area (Å²) < 4.78 is 42.2. The highest BCUT2D eigenvalue weighted by Gasteiger charge is 2.17. The van der Waals surface area contributed by atoms with Crippen LogP contribution in [0.4, 0.5) is 8.78 Å². The van der Waals surface area contributed by atoms with Crippen molar-refractivity contribution in [2.24, 2.45) is 0 Å². The number of Topliss-reactive ketones (excluding diaryl/α,β-unsaturated/α-hetero) is 1. The van der Waals surface area contributed by atoms with Crippen molar-refractivity contribution >= 4 is 22.6 Å². The van der Waals surface area contributed by atoms with Gasteiger partial charge in [0, 0.05) is 6.07 Å². The summed E-state index contributed by atoms with van der Waals surface area (Å²) in [6, 6.07) is 2.55. The molecule has 0 heterocycles. The summed E-state index contributed by atoms with van der Waals surface area (Å²) in [5.41, 5.74) is 0. The highest BCUT2D eigenvalue weighted by atomic mass is 32.2. The Morgan fingerprint density at radius 3 is 2.58 bits per heavy atom. The molecule has 1 unspecified atom stereocenters. The second kappa shape index (κ2) is 7.08. The summed E-state index contributed by atoms with van der Waals surface area (Å²) in [5, 5.41) is 0. The molecular weight excluding hydrogens is 278 g/mol. The number of hydrogen-bond acceptors (Lipinski definition) is 4. The molecule has 104 valence electrons. The minimum Gasteiger partial charge on any atom is -0.466 e. The monoisotopic (exact) mass is 290 g/mol. The van der Waals surface area contributed by atoms with Gasteiger partial charge in [0.1, 0.15) is 18.1 Å². The molecule has 0 fully saturated rings. The average molecular weight is 290 g/mol. The molecule has 0 N–H and O–H groups in total. The first-order valence-corrected chi connectivity index (χ1v) is 6.76. The van der Waals surface area contributed by atoms with Gasteiger partial charge in [0.25, 0.3) is 0 Å². The number of esters is 1. The van der Waals surface area contributed by atoms with Crippen molar-refractivity contribution in [1.82, 2.24) is 0 Å². The first-order valence-electron chi connectivity index (χ1n) is 5.44. The number of ether oxygens (including phenoxy) is 1. The van der Waals surface area contributed by atoms with E-state index in [1.54, 1.807) is 6.92 Å². The number of hydrogen-bond donors (Lipinski definition) is 0. The van der Waals surface area contributed by atoms with Crippen LogP contribution in [0.1, 0.15) is 13.3 Å². The number of carbonyl (C=O) groups is 2. The van der Waals surface area contributed by atoms with Gasteiger partial charge in [0.15, 0.2) is 5.78 Å². The van der Waals surface area contributed by atoms with Gasteiger partial charge in [-0.25, -0.2) is 8.78 Å². The predicted molar refractivity (Wildman–Crippen MR) is 63.9 cm³/mol. The van der Waals surface area contributed by atoms with E-state index in [1.807, 2.05) is 0 Å². The summed E-state index contributed by atoms with van der Waals surface area (Å²) in [6.45, 7) is 1.73. The van der Waals surface area contributed by atoms with Crippen LogP contribution < -0.4 is 0 Å². The Kier molecular flexibility index (Phi) is 5.75. The third-order valence-electron chi connectivity index (χ3n) is 2.08. The molecule has 0 aliphatic carbocycles. The van der Waals surface area contributed by atoms with E-state index in [9.17, 15) is 22.6 Å². The quantitative estimate of drug-likeness (QED) is 0.590. The summed E-state index contributed by atoms with van der Waals surface area (Å²) in [7, 11) is -1.95. The van der Waals surface area contributed by atoms with Crippen molar-refractivity contribution < 1.29 is 27.3 Å². The van der Waals surface area contributed by atoms with E-state index in [1.165, 1.54) is 0 Å². The Morgan fingerprint density at radius 1 is 1.32 bits per heavy atom. The molecule has 4 nitrogen and oxygen atoms in total. The Hall–Kier alpha value is -1.63. The van der Waals surface area contributed by atoms with Gasteiger partial charge in [-0.05, 0) is 19.1 Å². The molecule has 0 bridgehead atoms. The summed E-state index contributed by atoms with van der Waals surface area (Å²) >= 11 is 0. The minimum atomic E-state index is -1.95. The van der Waals surface area contributed by atoms with Crippen molar-refractivity contribution in [1.29, 1.82) is 0 Å². The maximum Gasteiger partial charge on any atom is 0.313 e. The van der Waals surface area contributed by atoms with Gasteiger partial charge in [-0.2, -0.15) is 0 Å². The van der Waals surface area contributed by atoms with Crippen LogP contribution in [0.15, 0.2) is 23.1 Å². The van der Waals surface area contributed by atoms with Gasteiger partial charge in [0.05, 0.1) is 28.1 Å². The fourth-order valence-corrected chi connectivity index (χ4v) is 2.35. The zero-order chi connectivity index (χ0) is 14.4. The molecule has 0 saturated carbocycles. The molecule has 0 radical (unpaired) electrons. The molecule has 0 spiro atoms. The van der Waals surface area contributed by atoms with Crippen LogP contribution in [0, 0.1) is 11.6 Å². The second-order valence-electron chi connectivity index (χ2n) is 3.59. The molecule has 1 rings (SSSR count). The molecule has 7 heteroatoms. The third kappa shape index (κ3) is 4.86. The van der Waals surface area contributed by atoms with Crippen molar-refractivity contribution in [3.8, 4) is 0 Å². The Labute approximate surface area is 111 Å². The van der Waals surface area contributed by atoms with Gasteiger partial charge in [0.2, 0.25) is 0 Å². The highest BCUT2D eigenvalue weighted by Crippen LogP contribution is 2.14. The Balaban J connectivity index is 2.64. The van der Waals surface area contributed by atoms with Crippen molar-refractivity contribution in [3.63, 3.8) is 0 Å². The molecule has 1 aromatic carbocycles. The average Bonchev–Trinajstić information content (AvgIpc) is 2.28. The standard InChI is InChI=1S/C12H12F2O4S/c1-2-18-12(16)6-9(15)7-19(17)11-4-3-8(13)5-10(11)14/h3-5H,2,6-7H2,1H3. The molecule has 1 aromatic rings. The first-order chi connectivity index (χ1) is 8.93. The SMILES string of the molecule is CCOC(=O)CC(=O)CS(=O)c1ccc(F)cc1F. The number of rotatable bonds is 6. The van der Waals surface area contributed by atoms with Gasteiger partial charge in [-0.15, -0.1) is 0 Å². The van der Waals surface area contributed by atoms with E-state index in [0.29, 0.717) is 6.07 Å². The third-order valence-corrected chi connectivity index (χ3v) is 3.48. The Morgan fingerprint density at radius 2 is 2.00 bits per heavy atom. The highest BCUT2D eigenvalue weighted by molar-refractivity contribution is 7.85. The molecular formula is C12H12F2O4S. The number of ketones is 1. The van der Waals surface area contributed by atoms with E-state index in [0.717, 1.165) is 12.1 Å². The molecule has 19 heavy (non-hydrogen) atoms. The van der Waals surface area contributed by atoms with Crippen molar-refractivity contribution in [2.75, 3.05) is 12.4 Å². The van der Waals surface area contributed by atoms with Crippen molar-refractivity contribution in [3.05, 3.63) is 29.8 Å². The maximum absolute atomic E-state index is 13.3. The summed E-state index contributed by atoms with van der Waals surface area (Å²) in [4.78, 5) is 22.2. The van der Waals surface area contributed by atoms with E-state index >= 15 is 0 Å². The number of carbonyl (C=O) groups excluding carboxylic acids is 2. The van der Waals surface area contributed by atoms with Crippen LogP contribution in [-0.2, 0) is 25.1 Å². The predicted octanol–water partition coefficient (Wildman–Crippen LogP) is 1.59. The van der Waals surface area contributed by atoms with Crippen LogP contribution in [0.3, 0.4) is 0 Å². The summed E-state index contributed by atoms with van der Waals surface area (Å²) in [6.07, 6.45) is -0.512. The smallest absolute Gasteiger partial charge is 0.313 e. The topological polar surface area (TPSA) is 60.4 Å². The zero-order valence-electron chi connectivity index (χ0n) is 10.2. The van der Waals surface area contributed by atoms with E-state index in [2.05, 4.69) is 4.74 Å². The lowest BCUT2D eigenvalue weighted by molar-refractivity contribution is -0.145. The molecule has 0 saturated heterocycles. The van der Waals surface area contributed by atoms with Crippen LogP contribution >= 0.6 is 0 Å². The normalized spacial score (nSPS) is 11.9. The fourth-order valence-electron chi connectivity index (χ4n) is 1.31. The zero-order valence-corrected chi connectivity index (χ0v) is 11.0. The van der Waals surface area contributed by atoms with Gasteiger partial charge >= 0.3 is 5.97 Å². The van der Waals surface area contributed by atoms with Gasteiger partial charge in [-0.1, -0.05) is 0 Å². The van der Waals surface area contributed by atoms with Gasteiger partial charge < -0.3 is 4.74 Å². The fraction of sp³-hybridized carbons (Fsp3) is 0.333. The van der Waals surface area contributed by atoms with Gasteiger partial charge in [-0.3, -0.25) is 13.8 Å². The van der Waals surface area contributed by atoms with E-state index in [-0.39, 0.29) is 11.5 Å². The molecule has 0 aromatic heterocycles.